The molecule has 2 atom stereocenters. The van der Waals surface area contributed by atoms with E-state index < -0.39 is 12.1 Å². The number of hydrogen-bond acceptors (Lipinski definition) is 3. The zero-order chi connectivity index (χ0) is 16.7. The Labute approximate surface area is 133 Å². The standard InChI is InChI=1S/C18H39NO2/c1-2-3-4-5-6-7-8-9-10-11-12-13-14-15-18(21)17(19)16-20/h17-18,20-21H,2-16,19H2,1H3/t17-,18+/m0/s1/i18T. The fraction of sp³-hybridized carbons (Fsp3) is 1.00. The van der Waals surface area contributed by atoms with E-state index in [4.69, 9.17) is 12.2 Å². The maximum Gasteiger partial charge on any atom is 0.0713 e. The number of nitrogens with two attached hydrogens (primary N) is 1. The molecule has 0 aliphatic carbocycles. The third kappa shape index (κ3) is 14.6. The van der Waals surface area contributed by atoms with Crippen molar-refractivity contribution in [3.8, 4) is 0 Å². The van der Waals surface area contributed by atoms with Crippen LogP contribution >= 0.6 is 0 Å². The molecule has 0 heterocycles. The topological polar surface area (TPSA) is 66.5 Å². The van der Waals surface area contributed by atoms with E-state index in [1.54, 1.807) is 0 Å². The first-order chi connectivity index (χ1) is 10.5. The molecule has 0 radical (unpaired) electrons. The van der Waals surface area contributed by atoms with Gasteiger partial charge in [-0.05, 0) is 6.42 Å². The average molecular weight is 304 g/mol. The van der Waals surface area contributed by atoms with Gasteiger partial charge in [0.05, 0.1) is 20.1 Å². The predicted molar refractivity (Wildman–Crippen MR) is 91.4 cm³/mol. The molecule has 0 amide bonds. The first kappa shape index (κ1) is 18.9. The van der Waals surface area contributed by atoms with E-state index in [1.165, 1.54) is 70.6 Å². The summed E-state index contributed by atoms with van der Waals surface area (Å²) in [5, 5.41) is 18.6. The van der Waals surface area contributed by atoms with Gasteiger partial charge in [0, 0.05) is 0 Å². The molecule has 3 nitrogen and oxygen atoms in total. The lowest BCUT2D eigenvalue weighted by Crippen LogP contribution is -2.37. The van der Waals surface area contributed by atoms with Gasteiger partial charge in [-0.2, -0.15) is 0 Å². The molecule has 4 N–H and O–H groups in total. The Morgan fingerprint density at radius 1 is 0.810 bits per heavy atom. The Morgan fingerprint density at radius 3 is 1.57 bits per heavy atom. The molecule has 0 fully saturated rings. The van der Waals surface area contributed by atoms with Crippen molar-refractivity contribution < 1.29 is 11.6 Å². The molecule has 0 saturated heterocycles. The van der Waals surface area contributed by atoms with Gasteiger partial charge >= 0.3 is 0 Å². The highest BCUT2D eigenvalue weighted by molar-refractivity contribution is 4.70. The summed E-state index contributed by atoms with van der Waals surface area (Å²) in [4.78, 5) is 0. The van der Waals surface area contributed by atoms with E-state index in [0.29, 0.717) is 6.42 Å². The van der Waals surface area contributed by atoms with Crippen LogP contribution in [-0.4, -0.2) is 28.9 Å². The minimum Gasteiger partial charge on any atom is -0.395 e. The monoisotopic (exact) mass is 303 g/mol. The molecule has 0 rings (SSSR count). The highest BCUT2D eigenvalue weighted by Gasteiger charge is 2.12. The molecule has 0 aromatic heterocycles. The van der Waals surface area contributed by atoms with Gasteiger partial charge in [0.25, 0.3) is 0 Å². The van der Waals surface area contributed by atoms with Crippen molar-refractivity contribution in [1.82, 2.24) is 0 Å². The maximum atomic E-state index is 9.74. The fourth-order valence-corrected chi connectivity index (χ4v) is 2.61. The quantitative estimate of drug-likeness (QED) is 0.375. The molecule has 0 bridgehead atoms. The first-order valence-corrected chi connectivity index (χ1v) is 9.13. The summed E-state index contributed by atoms with van der Waals surface area (Å²) in [6, 6.07) is -0.857. The minimum absolute atomic E-state index is 0.335. The second-order valence-electron chi connectivity index (χ2n) is 6.27. The van der Waals surface area contributed by atoms with Crippen LogP contribution in [-0.2, 0) is 0 Å². The third-order valence-corrected chi connectivity index (χ3v) is 4.16. The van der Waals surface area contributed by atoms with Crippen LogP contribution in [0.3, 0.4) is 0 Å². The second kappa shape index (κ2) is 16.3. The minimum atomic E-state index is -1.67. The molecule has 21 heavy (non-hydrogen) atoms. The Bertz CT molecular complexity index is 237. The van der Waals surface area contributed by atoms with Crippen LogP contribution in [0, 0.1) is 0 Å². The highest BCUT2D eigenvalue weighted by Crippen LogP contribution is 2.13. The van der Waals surface area contributed by atoms with Crippen molar-refractivity contribution in [1.29, 1.82) is 0 Å². The SMILES string of the molecule is [3H][C@@](O)(CCCCCCCCCCCCCCC)[C@@H](N)CO. The van der Waals surface area contributed by atoms with E-state index in [-0.39, 0.29) is 6.61 Å². The van der Waals surface area contributed by atoms with Gasteiger partial charge in [0.2, 0.25) is 0 Å². The molecule has 0 unspecified atom stereocenters. The van der Waals surface area contributed by atoms with Crippen molar-refractivity contribution >= 4 is 0 Å². The Hall–Kier alpha value is -0.120. The number of aliphatic hydroxyl groups is 2. The number of rotatable bonds is 16. The van der Waals surface area contributed by atoms with E-state index in [2.05, 4.69) is 6.92 Å². The smallest absolute Gasteiger partial charge is 0.0713 e. The Kier molecular flexibility index (Phi) is 14.7. The van der Waals surface area contributed by atoms with Crippen molar-refractivity contribution in [3.05, 3.63) is 0 Å². The van der Waals surface area contributed by atoms with Crippen LogP contribution in [0.15, 0.2) is 0 Å². The largest absolute Gasteiger partial charge is 0.395 e. The van der Waals surface area contributed by atoms with Crippen LogP contribution in [0.25, 0.3) is 0 Å². The lowest BCUT2D eigenvalue weighted by molar-refractivity contribution is 0.0990. The van der Waals surface area contributed by atoms with Crippen LogP contribution in [0.5, 0.6) is 0 Å². The molecule has 0 aromatic carbocycles. The molecule has 128 valence electrons. The van der Waals surface area contributed by atoms with Crippen molar-refractivity contribution in [2.24, 2.45) is 5.73 Å². The summed E-state index contributed by atoms with van der Waals surface area (Å²) in [5.74, 6) is 0. The number of unbranched alkanes of at least 4 members (excludes halogenated alkanes) is 12. The van der Waals surface area contributed by atoms with E-state index in [1.807, 2.05) is 0 Å². The molecule has 3 heteroatoms. The van der Waals surface area contributed by atoms with Crippen molar-refractivity contribution in [2.45, 2.75) is 109 Å². The van der Waals surface area contributed by atoms with E-state index in [0.717, 1.165) is 12.8 Å². The summed E-state index contributed by atoms with van der Waals surface area (Å²) in [7, 11) is 0. The van der Waals surface area contributed by atoms with Crippen LogP contribution in [0.1, 0.15) is 98.2 Å². The fourth-order valence-electron chi connectivity index (χ4n) is 2.61. The zero-order valence-corrected chi connectivity index (χ0v) is 14.2. The summed E-state index contributed by atoms with van der Waals surface area (Å²) >= 11 is 0. The Balaban J connectivity index is 3.24. The Morgan fingerprint density at radius 2 is 1.19 bits per heavy atom. The highest BCUT2D eigenvalue weighted by atomic mass is 16.3. The first-order valence-electron chi connectivity index (χ1n) is 9.63. The van der Waals surface area contributed by atoms with E-state index >= 15 is 0 Å². The normalized spacial score (nSPS) is 16.5. The zero-order valence-electron chi connectivity index (χ0n) is 15.2. The van der Waals surface area contributed by atoms with E-state index in [9.17, 15) is 5.11 Å². The number of hydrogen-bond donors (Lipinski definition) is 3. The van der Waals surface area contributed by atoms with Gasteiger partial charge in [-0.1, -0.05) is 90.4 Å². The molecule has 0 aliphatic heterocycles. The van der Waals surface area contributed by atoms with Crippen molar-refractivity contribution in [2.75, 3.05) is 6.61 Å². The molecule has 0 spiro atoms. The summed E-state index contributed by atoms with van der Waals surface area (Å²) in [6.07, 6.45) is 15.2. The van der Waals surface area contributed by atoms with Gasteiger partial charge in [-0.3, -0.25) is 0 Å². The van der Waals surface area contributed by atoms with Gasteiger partial charge in [-0.15, -0.1) is 0 Å². The molecule has 0 saturated carbocycles. The molecule has 0 aromatic rings. The van der Waals surface area contributed by atoms with Crippen LogP contribution in [0.2, 0.25) is 0 Å². The maximum absolute atomic E-state index is 9.74. The van der Waals surface area contributed by atoms with Crippen LogP contribution in [0.4, 0.5) is 0 Å². The summed E-state index contributed by atoms with van der Waals surface area (Å²) in [6.45, 7) is 1.92. The van der Waals surface area contributed by atoms with Gasteiger partial charge < -0.3 is 15.9 Å². The lowest BCUT2D eigenvalue weighted by atomic mass is 10.0. The molecular formula is C18H39NO2. The average Bonchev–Trinajstić information content (AvgIpc) is 2.50. The summed E-state index contributed by atoms with van der Waals surface area (Å²) < 4.78 is 7.66. The van der Waals surface area contributed by atoms with Crippen LogP contribution < -0.4 is 5.73 Å². The van der Waals surface area contributed by atoms with Gasteiger partial charge in [0.1, 0.15) is 0 Å². The van der Waals surface area contributed by atoms with Gasteiger partial charge in [-0.25, -0.2) is 0 Å². The lowest BCUT2D eigenvalue weighted by Gasteiger charge is -2.15. The number of aliphatic hydroxyl groups excluding tert-OH is 1. The van der Waals surface area contributed by atoms with Crippen molar-refractivity contribution in [3.63, 3.8) is 0 Å². The second-order valence-corrected chi connectivity index (χ2v) is 6.27. The third-order valence-electron chi connectivity index (χ3n) is 4.16. The van der Waals surface area contributed by atoms with Gasteiger partial charge in [0.15, 0.2) is 0 Å². The molecule has 0 aliphatic rings. The summed E-state index contributed by atoms with van der Waals surface area (Å²) in [5.41, 5.74) is 5.51. The predicted octanol–water partition coefficient (Wildman–Crippen LogP) is 4.15. The molecular weight excluding hydrogens is 262 g/mol.